The summed E-state index contributed by atoms with van der Waals surface area (Å²) >= 11 is 0. The molecule has 0 bridgehead atoms. The van der Waals surface area contributed by atoms with E-state index in [4.69, 9.17) is 4.74 Å². The van der Waals surface area contributed by atoms with Gasteiger partial charge in [0.1, 0.15) is 0 Å². The van der Waals surface area contributed by atoms with Crippen molar-refractivity contribution in [3.63, 3.8) is 0 Å². The fourth-order valence-corrected chi connectivity index (χ4v) is 2.27. The number of rotatable bonds is 4. The minimum absolute atomic E-state index is 0.0129. The molecule has 1 aliphatic rings. The number of carbonyl (C=O) groups is 1. The Hall–Kier alpha value is -2.17. The van der Waals surface area contributed by atoms with Gasteiger partial charge in [0.2, 0.25) is 0 Å². The lowest BCUT2D eigenvalue weighted by Gasteiger charge is -2.17. The topological polar surface area (TPSA) is 69.4 Å². The maximum Gasteiger partial charge on any atom is 0.338 e. The van der Waals surface area contributed by atoms with Crippen LogP contribution in [0.3, 0.4) is 0 Å². The Labute approximate surface area is 117 Å². The Balaban J connectivity index is 1.97. The fraction of sp³-hybridized carbons (Fsp3) is 0.400. The smallest absolute Gasteiger partial charge is 0.338 e. The van der Waals surface area contributed by atoms with E-state index in [1.54, 1.807) is 6.92 Å². The van der Waals surface area contributed by atoms with Crippen LogP contribution >= 0.6 is 0 Å². The van der Waals surface area contributed by atoms with E-state index in [0.29, 0.717) is 23.7 Å². The van der Waals surface area contributed by atoms with E-state index in [-0.39, 0.29) is 5.69 Å². The van der Waals surface area contributed by atoms with Gasteiger partial charge in [0.25, 0.3) is 5.69 Å². The summed E-state index contributed by atoms with van der Waals surface area (Å²) in [5.74, 6) is -0.0411. The summed E-state index contributed by atoms with van der Waals surface area (Å²) in [7, 11) is 0. The van der Waals surface area contributed by atoms with Crippen LogP contribution in [0.4, 0.5) is 5.69 Å². The van der Waals surface area contributed by atoms with Gasteiger partial charge in [-0.25, -0.2) is 4.79 Å². The van der Waals surface area contributed by atoms with E-state index in [1.165, 1.54) is 18.2 Å². The maximum atomic E-state index is 11.9. The van der Waals surface area contributed by atoms with Gasteiger partial charge in [-0.15, -0.1) is 0 Å². The van der Waals surface area contributed by atoms with Crippen molar-refractivity contribution in [2.24, 2.45) is 5.92 Å². The van der Waals surface area contributed by atoms with Gasteiger partial charge < -0.3 is 4.74 Å². The third kappa shape index (κ3) is 3.44. The van der Waals surface area contributed by atoms with Crippen LogP contribution in [-0.4, -0.2) is 17.5 Å². The third-order valence-corrected chi connectivity index (χ3v) is 3.46. The largest absolute Gasteiger partial charge is 0.462 e. The minimum atomic E-state index is -0.460. The van der Waals surface area contributed by atoms with E-state index in [0.717, 1.165) is 19.3 Å². The molecule has 0 fully saturated rings. The highest BCUT2D eigenvalue weighted by Gasteiger charge is 2.17. The molecule has 1 aliphatic carbocycles. The SMILES string of the molecule is Cc1cc(C(=O)OCC2CC=CCC2)ccc1[N+](=O)[O-]. The molecule has 0 N–H and O–H groups in total. The average molecular weight is 275 g/mol. The number of aryl methyl sites for hydroxylation is 1. The lowest BCUT2D eigenvalue weighted by atomic mass is 9.95. The van der Waals surface area contributed by atoms with E-state index in [1.807, 2.05) is 0 Å². The highest BCUT2D eigenvalue weighted by Crippen LogP contribution is 2.21. The zero-order valence-electron chi connectivity index (χ0n) is 11.4. The number of carbonyl (C=O) groups excluding carboxylic acids is 1. The van der Waals surface area contributed by atoms with Crippen molar-refractivity contribution >= 4 is 11.7 Å². The average Bonchev–Trinajstić information content (AvgIpc) is 2.45. The first kappa shape index (κ1) is 14.2. The molecule has 5 heteroatoms. The summed E-state index contributed by atoms with van der Waals surface area (Å²) in [5, 5.41) is 10.7. The minimum Gasteiger partial charge on any atom is -0.462 e. The molecular weight excluding hydrogens is 258 g/mol. The second-order valence-corrected chi connectivity index (χ2v) is 5.01. The summed E-state index contributed by atoms with van der Waals surface area (Å²) < 4.78 is 5.28. The second-order valence-electron chi connectivity index (χ2n) is 5.01. The number of allylic oxidation sites excluding steroid dienone is 2. The number of nitro groups is 1. The van der Waals surface area contributed by atoms with Gasteiger partial charge in [-0.1, -0.05) is 12.2 Å². The Morgan fingerprint density at radius 1 is 1.45 bits per heavy atom. The molecule has 0 aliphatic heterocycles. The van der Waals surface area contributed by atoms with Gasteiger partial charge >= 0.3 is 5.97 Å². The molecule has 0 saturated carbocycles. The molecule has 0 aromatic heterocycles. The molecule has 1 atom stereocenters. The maximum absolute atomic E-state index is 11.9. The monoisotopic (exact) mass is 275 g/mol. The Morgan fingerprint density at radius 2 is 2.25 bits per heavy atom. The molecular formula is C15H17NO4. The molecule has 5 nitrogen and oxygen atoms in total. The van der Waals surface area contributed by atoms with E-state index < -0.39 is 10.9 Å². The summed E-state index contributed by atoms with van der Waals surface area (Å²) in [6.07, 6.45) is 7.24. The van der Waals surface area contributed by atoms with Gasteiger partial charge in [-0.05, 0) is 44.2 Å². The molecule has 0 amide bonds. The standard InChI is InChI=1S/C15H17NO4/c1-11-9-13(7-8-14(11)16(18)19)15(17)20-10-12-5-3-2-4-6-12/h2-3,7-9,12H,4-6,10H2,1H3. The fourth-order valence-electron chi connectivity index (χ4n) is 2.27. The summed E-state index contributed by atoms with van der Waals surface area (Å²) in [6.45, 7) is 2.01. The van der Waals surface area contributed by atoms with Crippen molar-refractivity contribution in [2.75, 3.05) is 6.61 Å². The lowest BCUT2D eigenvalue weighted by molar-refractivity contribution is -0.385. The number of benzene rings is 1. The molecule has 1 aromatic rings. The normalized spacial score (nSPS) is 17.8. The van der Waals surface area contributed by atoms with Crippen molar-refractivity contribution in [3.05, 3.63) is 51.6 Å². The Bertz CT molecular complexity index is 551. The zero-order valence-corrected chi connectivity index (χ0v) is 11.4. The predicted octanol–water partition coefficient (Wildman–Crippen LogP) is 3.42. The molecule has 0 radical (unpaired) electrons. The van der Waals surface area contributed by atoms with Crippen LogP contribution in [0, 0.1) is 23.0 Å². The molecule has 1 unspecified atom stereocenters. The number of nitro benzene ring substituents is 1. The van der Waals surface area contributed by atoms with Crippen LogP contribution in [0.5, 0.6) is 0 Å². The molecule has 2 rings (SSSR count). The number of hydrogen-bond donors (Lipinski definition) is 0. The molecule has 1 aromatic carbocycles. The molecule has 0 saturated heterocycles. The van der Waals surface area contributed by atoms with Crippen LogP contribution in [0.15, 0.2) is 30.4 Å². The Morgan fingerprint density at radius 3 is 2.85 bits per heavy atom. The number of hydrogen-bond acceptors (Lipinski definition) is 4. The zero-order chi connectivity index (χ0) is 14.5. The molecule has 0 heterocycles. The number of esters is 1. The first-order valence-electron chi connectivity index (χ1n) is 6.65. The number of ether oxygens (including phenoxy) is 1. The van der Waals surface area contributed by atoms with Crippen molar-refractivity contribution in [3.8, 4) is 0 Å². The highest BCUT2D eigenvalue weighted by molar-refractivity contribution is 5.90. The van der Waals surface area contributed by atoms with Crippen LogP contribution in [-0.2, 0) is 4.74 Å². The molecule has 20 heavy (non-hydrogen) atoms. The first-order chi connectivity index (χ1) is 9.58. The van der Waals surface area contributed by atoms with Crippen LogP contribution in [0.25, 0.3) is 0 Å². The van der Waals surface area contributed by atoms with Crippen molar-refractivity contribution < 1.29 is 14.5 Å². The van der Waals surface area contributed by atoms with Crippen LogP contribution in [0.2, 0.25) is 0 Å². The first-order valence-corrected chi connectivity index (χ1v) is 6.65. The van der Waals surface area contributed by atoms with E-state index in [2.05, 4.69) is 12.2 Å². The van der Waals surface area contributed by atoms with Crippen molar-refractivity contribution in [1.29, 1.82) is 0 Å². The van der Waals surface area contributed by atoms with E-state index in [9.17, 15) is 14.9 Å². The second kappa shape index (κ2) is 6.32. The van der Waals surface area contributed by atoms with Gasteiger partial charge in [-0.2, -0.15) is 0 Å². The summed E-state index contributed by atoms with van der Waals surface area (Å²) in [6, 6.07) is 4.28. The number of nitrogens with zero attached hydrogens (tertiary/aromatic N) is 1. The van der Waals surface area contributed by atoms with Gasteiger partial charge in [0, 0.05) is 11.6 Å². The van der Waals surface area contributed by atoms with Crippen molar-refractivity contribution in [1.82, 2.24) is 0 Å². The van der Waals surface area contributed by atoms with Gasteiger partial charge in [0.05, 0.1) is 17.1 Å². The summed E-state index contributed by atoms with van der Waals surface area (Å²) in [4.78, 5) is 22.2. The van der Waals surface area contributed by atoms with Gasteiger partial charge in [0.15, 0.2) is 0 Å². The quantitative estimate of drug-likeness (QED) is 0.365. The third-order valence-electron chi connectivity index (χ3n) is 3.46. The van der Waals surface area contributed by atoms with Crippen LogP contribution in [0.1, 0.15) is 35.2 Å². The highest BCUT2D eigenvalue weighted by atomic mass is 16.6. The predicted molar refractivity (Wildman–Crippen MR) is 74.6 cm³/mol. The van der Waals surface area contributed by atoms with E-state index >= 15 is 0 Å². The van der Waals surface area contributed by atoms with Crippen molar-refractivity contribution in [2.45, 2.75) is 26.2 Å². The lowest BCUT2D eigenvalue weighted by Crippen LogP contribution is -2.15. The Kier molecular flexibility index (Phi) is 4.50. The van der Waals surface area contributed by atoms with Gasteiger partial charge in [-0.3, -0.25) is 10.1 Å². The van der Waals surface area contributed by atoms with Crippen LogP contribution < -0.4 is 0 Å². The molecule has 106 valence electrons. The summed E-state index contributed by atoms with van der Waals surface area (Å²) in [5.41, 5.74) is 0.837. The molecule has 0 spiro atoms.